The lowest BCUT2D eigenvalue weighted by atomic mass is 10.2. The van der Waals surface area contributed by atoms with Crippen LogP contribution in [0.5, 0.6) is 0 Å². The summed E-state index contributed by atoms with van der Waals surface area (Å²) in [7, 11) is 0. The molecule has 0 N–H and O–H groups in total. The Kier molecular flexibility index (Phi) is 5.76. The van der Waals surface area contributed by atoms with Crippen molar-refractivity contribution < 1.29 is 0 Å². The third-order valence-electron chi connectivity index (χ3n) is 1.66. The normalized spacial score (nSPS) is 12.4. The van der Waals surface area contributed by atoms with Crippen molar-refractivity contribution in [1.82, 2.24) is 5.01 Å². The smallest absolute Gasteiger partial charge is 0.0414 e. The van der Waals surface area contributed by atoms with E-state index in [1.54, 1.807) is 0 Å². The molecule has 0 aliphatic carbocycles. The van der Waals surface area contributed by atoms with Crippen molar-refractivity contribution in [2.45, 2.75) is 47.6 Å². The Morgan fingerprint density at radius 1 is 1.08 bits per heavy atom. The lowest BCUT2D eigenvalue weighted by Crippen LogP contribution is -2.29. The fraction of sp³-hybridized carbons (Fsp3) is 0.909. The summed E-state index contributed by atoms with van der Waals surface area (Å²) in [6, 6.07) is 0.498. The second-order valence-corrected chi connectivity index (χ2v) is 4.62. The number of hydrogen-bond acceptors (Lipinski definition) is 2. The van der Waals surface area contributed by atoms with Crippen molar-refractivity contribution in [3.8, 4) is 0 Å². The molecule has 0 fully saturated rings. The molecule has 0 saturated carbocycles. The molecule has 0 radical (unpaired) electrons. The van der Waals surface area contributed by atoms with Gasteiger partial charge < -0.3 is 0 Å². The molecule has 0 saturated heterocycles. The Morgan fingerprint density at radius 2 is 1.62 bits per heavy atom. The first-order valence-corrected chi connectivity index (χ1v) is 5.24. The molecule has 0 amide bonds. The molecule has 0 unspecified atom stereocenters. The third-order valence-corrected chi connectivity index (χ3v) is 1.66. The SMILES string of the molecule is CC(C)/C=N/N(CC(C)C)C(C)C. The topological polar surface area (TPSA) is 15.6 Å². The maximum Gasteiger partial charge on any atom is 0.0414 e. The Labute approximate surface area is 83.0 Å². The average molecular weight is 184 g/mol. The second kappa shape index (κ2) is 6.01. The van der Waals surface area contributed by atoms with E-state index in [-0.39, 0.29) is 0 Å². The van der Waals surface area contributed by atoms with Crippen molar-refractivity contribution in [2.75, 3.05) is 6.54 Å². The van der Waals surface area contributed by atoms with Crippen LogP contribution in [0.2, 0.25) is 0 Å². The van der Waals surface area contributed by atoms with Crippen molar-refractivity contribution in [2.24, 2.45) is 16.9 Å². The molecule has 0 aromatic rings. The minimum absolute atomic E-state index is 0.498. The fourth-order valence-electron chi connectivity index (χ4n) is 0.984. The first-order chi connectivity index (χ1) is 5.93. The Bertz CT molecular complexity index is 148. The van der Waals surface area contributed by atoms with Crippen molar-refractivity contribution in [1.29, 1.82) is 0 Å². The van der Waals surface area contributed by atoms with Crippen LogP contribution >= 0.6 is 0 Å². The van der Waals surface area contributed by atoms with E-state index in [1.807, 2.05) is 6.21 Å². The summed E-state index contributed by atoms with van der Waals surface area (Å²) in [6.07, 6.45) is 2.02. The van der Waals surface area contributed by atoms with Gasteiger partial charge in [-0.1, -0.05) is 27.7 Å². The molecule has 78 valence electrons. The number of hydrazone groups is 1. The molecule has 0 spiro atoms. The molecule has 2 heteroatoms. The first-order valence-electron chi connectivity index (χ1n) is 5.24. The van der Waals surface area contributed by atoms with Gasteiger partial charge in [-0.25, -0.2) is 0 Å². The highest BCUT2D eigenvalue weighted by atomic mass is 15.5. The Hall–Kier alpha value is -0.530. The van der Waals surface area contributed by atoms with Crippen LogP contribution < -0.4 is 0 Å². The van der Waals surface area contributed by atoms with E-state index in [0.29, 0.717) is 17.9 Å². The van der Waals surface area contributed by atoms with Gasteiger partial charge in [-0.2, -0.15) is 5.10 Å². The van der Waals surface area contributed by atoms with Crippen molar-refractivity contribution in [3.05, 3.63) is 0 Å². The summed E-state index contributed by atoms with van der Waals surface area (Å²) in [5.74, 6) is 1.21. The molecule has 0 rings (SSSR count). The summed E-state index contributed by atoms with van der Waals surface area (Å²) in [4.78, 5) is 0. The highest BCUT2D eigenvalue weighted by Crippen LogP contribution is 2.04. The highest BCUT2D eigenvalue weighted by molar-refractivity contribution is 5.59. The van der Waals surface area contributed by atoms with E-state index in [2.05, 4.69) is 51.7 Å². The van der Waals surface area contributed by atoms with Gasteiger partial charge in [0, 0.05) is 18.8 Å². The molecule has 2 nitrogen and oxygen atoms in total. The molecule has 13 heavy (non-hydrogen) atoms. The minimum Gasteiger partial charge on any atom is -0.295 e. The molecule has 0 aliphatic heterocycles. The van der Waals surface area contributed by atoms with Gasteiger partial charge in [0.15, 0.2) is 0 Å². The van der Waals surface area contributed by atoms with Gasteiger partial charge in [-0.05, 0) is 25.7 Å². The van der Waals surface area contributed by atoms with E-state index in [9.17, 15) is 0 Å². The molecule has 0 aromatic carbocycles. The summed E-state index contributed by atoms with van der Waals surface area (Å²) in [5.41, 5.74) is 0. The zero-order chi connectivity index (χ0) is 10.4. The van der Waals surface area contributed by atoms with Gasteiger partial charge in [-0.3, -0.25) is 5.01 Å². The van der Waals surface area contributed by atoms with Crippen LogP contribution in [0, 0.1) is 11.8 Å². The zero-order valence-corrected chi connectivity index (χ0v) is 9.91. The van der Waals surface area contributed by atoms with Crippen LogP contribution in [-0.2, 0) is 0 Å². The van der Waals surface area contributed by atoms with Crippen LogP contribution in [0.3, 0.4) is 0 Å². The predicted molar refractivity (Wildman–Crippen MR) is 60.0 cm³/mol. The number of nitrogens with zero attached hydrogens (tertiary/aromatic N) is 2. The molecule has 0 heterocycles. The standard InChI is InChI=1S/C11H24N2/c1-9(2)7-12-13(11(5)6)8-10(3)4/h7,9-11H,8H2,1-6H3/b12-7+. The van der Waals surface area contributed by atoms with Gasteiger partial charge in [0.05, 0.1) is 0 Å². The highest BCUT2D eigenvalue weighted by Gasteiger charge is 2.07. The number of rotatable bonds is 5. The van der Waals surface area contributed by atoms with Crippen molar-refractivity contribution in [3.63, 3.8) is 0 Å². The Morgan fingerprint density at radius 3 is 1.92 bits per heavy atom. The summed E-state index contributed by atoms with van der Waals surface area (Å²) < 4.78 is 0. The quantitative estimate of drug-likeness (QED) is 0.474. The summed E-state index contributed by atoms with van der Waals surface area (Å²) in [6.45, 7) is 14.1. The van der Waals surface area contributed by atoms with Crippen LogP contribution in [-0.4, -0.2) is 23.8 Å². The van der Waals surface area contributed by atoms with Crippen molar-refractivity contribution >= 4 is 6.21 Å². The predicted octanol–water partition coefficient (Wildman–Crippen LogP) is 2.99. The van der Waals surface area contributed by atoms with Gasteiger partial charge in [-0.15, -0.1) is 0 Å². The molecule has 0 atom stereocenters. The lowest BCUT2D eigenvalue weighted by molar-refractivity contribution is 0.207. The van der Waals surface area contributed by atoms with Gasteiger partial charge in [0.25, 0.3) is 0 Å². The van der Waals surface area contributed by atoms with E-state index < -0.39 is 0 Å². The van der Waals surface area contributed by atoms with Crippen LogP contribution in [0.15, 0.2) is 5.10 Å². The van der Waals surface area contributed by atoms with E-state index in [1.165, 1.54) is 0 Å². The maximum atomic E-state index is 4.47. The van der Waals surface area contributed by atoms with Crippen LogP contribution in [0.4, 0.5) is 0 Å². The van der Waals surface area contributed by atoms with Gasteiger partial charge in [0.2, 0.25) is 0 Å². The maximum absolute atomic E-state index is 4.47. The van der Waals surface area contributed by atoms with E-state index in [4.69, 9.17) is 0 Å². The summed E-state index contributed by atoms with van der Waals surface area (Å²) in [5, 5.41) is 6.63. The monoisotopic (exact) mass is 184 g/mol. The molecule has 0 bridgehead atoms. The second-order valence-electron chi connectivity index (χ2n) is 4.62. The van der Waals surface area contributed by atoms with Gasteiger partial charge >= 0.3 is 0 Å². The lowest BCUT2D eigenvalue weighted by Gasteiger charge is -2.25. The Balaban J connectivity index is 4.10. The average Bonchev–Trinajstić information content (AvgIpc) is 1.96. The minimum atomic E-state index is 0.498. The molecule has 0 aliphatic rings. The fourth-order valence-corrected chi connectivity index (χ4v) is 0.984. The largest absolute Gasteiger partial charge is 0.295 e. The van der Waals surface area contributed by atoms with E-state index in [0.717, 1.165) is 6.54 Å². The molecule has 0 aromatic heterocycles. The zero-order valence-electron chi connectivity index (χ0n) is 9.91. The van der Waals surface area contributed by atoms with E-state index >= 15 is 0 Å². The van der Waals surface area contributed by atoms with Crippen LogP contribution in [0.25, 0.3) is 0 Å². The first kappa shape index (κ1) is 12.5. The van der Waals surface area contributed by atoms with Gasteiger partial charge in [0.1, 0.15) is 0 Å². The molecular formula is C11H24N2. The third kappa shape index (κ3) is 6.62. The summed E-state index contributed by atoms with van der Waals surface area (Å²) >= 11 is 0. The van der Waals surface area contributed by atoms with Crippen LogP contribution in [0.1, 0.15) is 41.5 Å². The number of hydrogen-bond donors (Lipinski definition) is 0. The molecular weight excluding hydrogens is 160 g/mol.